The van der Waals surface area contributed by atoms with Gasteiger partial charge in [0.05, 0.1) is 6.10 Å². The van der Waals surface area contributed by atoms with E-state index >= 15 is 0 Å². The molecule has 0 saturated heterocycles. The van der Waals surface area contributed by atoms with Crippen LogP contribution in [-0.4, -0.2) is 11.2 Å². The number of aliphatic hydroxyl groups is 1. The molecule has 1 atom stereocenters. The summed E-state index contributed by atoms with van der Waals surface area (Å²) < 4.78 is 0. The van der Waals surface area contributed by atoms with E-state index in [1.54, 1.807) is 0 Å². The highest BCUT2D eigenvalue weighted by Gasteiger charge is 2.09. The molecule has 0 spiro atoms. The summed E-state index contributed by atoms with van der Waals surface area (Å²) in [6.45, 7) is 8.42. The lowest BCUT2D eigenvalue weighted by Gasteiger charge is -2.14. The monoisotopic (exact) mass is 268 g/mol. The predicted octanol–water partition coefficient (Wildman–Crippen LogP) is 4.07. The molecule has 20 heavy (non-hydrogen) atoms. The Bertz CT molecular complexity index is 578. The molecule has 2 rings (SSSR count). The first kappa shape index (κ1) is 14.8. The van der Waals surface area contributed by atoms with E-state index in [4.69, 9.17) is 0 Å². The Balaban J connectivity index is 2.08. The van der Waals surface area contributed by atoms with Crippen molar-refractivity contribution in [2.75, 3.05) is 0 Å². The minimum Gasteiger partial charge on any atom is -0.392 e. The Kier molecular flexibility index (Phi) is 4.61. The number of aliphatic hydroxyl groups excluding tert-OH is 1. The topological polar surface area (TPSA) is 20.2 Å². The molecule has 1 heteroatoms. The molecule has 2 aromatic carbocycles. The van der Waals surface area contributed by atoms with Crippen LogP contribution in [0.25, 0.3) is 0 Å². The standard InChI is InChI=1S/C19H24O/c1-13-5-6-16(4)18(10-13)12-19(20)11-17-8-14(2)7-15(3)9-17/h5-10,19-20H,11-12H2,1-4H3. The van der Waals surface area contributed by atoms with E-state index in [1.807, 2.05) is 0 Å². The third kappa shape index (κ3) is 3.94. The van der Waals surface area contributed by atoms with Crippen LogP contribution in [0.3, 0.4) is 0 Å². The minimum absolute atomic E-state index is 0.323. The largest absolute Gasteiger partial charge is 0.392 e. The van der Waals surface area contributed by atoms with Gasteiger partial charge in [-0.05, 0) is 57.2 Å². The van der Waals surface area contributed by atoms with Gasteiger partial charge in [0.15, 0.2) is 0 Å². The molecule has 0 heterocycles. The van der Waals surface area contributed by atoms with E-state index in [9.17, 15) is 5.11 Å². The normalized spacial score (nSPS) is 12.4. The molecule has 0 aliphatic heterocycles. The quantitative estimate of drug-likeness (QED) is 0.886. The fourth-order valence-corrected chi connectivity index (χ4v) is 2.81. The highest BCUT2D eigenvalue weighted by molar-refractivity contribution is 5.32. The number of hydrogen-bond donors (Lipinski definition) is 1. The van der Waals surface area contributed by atoms with Crippen molar-refractivity contribution in [2.24, 2.45) is 0 Å². The van der Waals surface area contributed by atoms with E-state index in [0.717, 1.165) is 12.8 Å². The third-order valence-corrected chi connectivity index (χ3v) is 3.71. The zero-order chi connectivity index (χ0) is 14.7. The zero-order valence-corrected chi connectivity index (χ0v) is 12.9. The Morgan fingerprint density at radius 2 is 1.45 bits per heavy atom. The summed E-state index contributed by atoms with van der Waals surface area (Å²) in [5, 5.41) is 10.4. The van der Waals surface area contributed by atoms with Crippen molar-refractivity contribution in [1.29, 1.82) is 0 Å². The summed E-state index contributed by atoms with van der Waals surface area (Å²) in [6.07, 6.45) is 1.12. The second-order valence-corrected chi connectivity index (χ2v) is 5.99. The maximum Gasteiger partial charge on any atom is 0.0620 e. The third-order valence-electron chi connectivity index (χ3n) is 3.71. The van der Waals surface area contributed by atoms with Crippen LogP contribution in [-0.2, 0) is 12.8 Å². The summed E-state index contributed by atoms with van der Waals surface area (Å²) >= 11 is 0. The summed E-state index contributed by atoms with van der Waals surface area (Å²) in [5.74, 6) is 0. The fraction of sp³-hybridized carbons (Fsp3) is 0.368. The summed E-state index contributed by atoms with van der Waals surface area (Å²) in [6, 6.07) is 12.9. The van der Waals surface area contributed by atoms with Gasteiger partial charge in [0.1, 0.15) is 0 Å². The van der Waals surface area contributed by atoms with E-state index < -0.39 is 0 Å². The van der Waals surface area contributed by atoms with Crippen LogP contribution >= 0.6 is 0 Å². The Hall–Kier alpha value is -1.60. The van der Waals surface area contributed by atoms with Crippen molar-refractivity contribution in [3.63, 3.8) is 0 Å². The number of rotatable bonds is 4. The van der Waals surface area contributed by atoms with Gasteiger partial charge in [-0.15, -0.1) is 0 Å². The Labute approximate surface area is 122 Å². The van der Waals surface area contributed by atoms with Crippen molar-refractivity contribution < 1.29 is 5.11 Å². The molecule has 0 fully saturated rings. The first-order chi connectivity index (χ1) is 9.44. The van der Waals surface area contributed by atoms with Gasteiger partial charge in [-0.1, -0.05) is 53.1 Å². The molecule has 1 N–H and O–H groups in total. The molecule has 0 aliphatic carbocycles. The number of hydrogen-bond acceptors (Lipinski definition) is 1. The van der Waals surface area contributed by atoms with Gasteiger partial charge < -0.3 is 5.11 Å². The van der Waals surface area contributed by atoms with Crippen molar-refractivity contribution in [3.8, 4) is 0 Å². The minimum atomic E-state index is -0.323. The number of benzene rings is 2. The van der Waals surface area contributed by atoms with Gasteiger partial charge in [0.2, 0.25) is 0 Å². The Morgan fingerprint density at radius 1 is 0.800 bits per heavy atom. The molecular weight excluding hydrogens is 244 g/mol. The van der Waals surface area contributed by atoms with Crippen LogP contribution in [0.5, 0.6) is 0 Å². The lowest BCUT2D eigenvalue weighted by molar-refractivity contribution is 0.175. The van der Waals surface area contributed by atoms with E-state index in [-0.39, 0.29) is 6.10 Å². The molecule has 0 aliphatic rings. The molecule has 106 valence electrons. The molecule has 0 aromatic heterocycles. The highest BCUT2D eigenvalue weighted by Crippen LogP contribution is 2.16. The van der Waals surface area contributed by atoms with E-state index in [1.165, 1.54) is 33.4 Å². The smallest absolute Gasteiger partial charge is 0.0620 e. The molecule has 0 bridgehead atoms. The fourth-order valence-electron chi connectivity index (χ4n) is 2.81. The van der Waals surface area contributed by atoms with Crippen LogP contribution in [0.15, 0.2) is 36.4 Å². The second-order valence-electron chi connectivity index (χ2n) is 5.99. The first-order valence-electron chi connectivity index (χ1n) is 7.25. The van der Waals surface area contributed by atoms with Crippen LogP contribution < -0.4 is 0 Å². The molecule has 2 aromatic rings. The van der Waals surface area contributed by atoms with Gasteiger partial charge in [-0.2, -0.15) is 0 Å². The Morgan fingerprint density at radius 3 is 2.10 bits per heavy atom. The van der Waals surface area contributed by atoms with Crippen molar-refractivity contribution in [1.82, 2.24) is 0 Å². The van der Waals surface area contributed by atoms with Crippen LogP contribution in [0, 0.1) is 27.7 Å². The van der Waals surface area contributed by atoms with Crippen molar-refractivity contribution in [3.05, 3.63) is 69.8 Å². The van der Waals surface area contributed by atoms with Crippen molar-refractivity contribution in [2.45, 2.75) is 46.6 Å². The zero-order valence-electron chi connectivity index (χ0n) is 12.9. The molecule has 0 radical (unpaired) electrons. The van der Waals surface area contributed by atoms with Crippen LogP contribution in [0.4, 0.5) is 0 Å². The average molecular weight is 268 g/mol. The molecular formula is C19H24O. The molecule has 1 nitrogen and oxygen atoms in total. The van der Waals surface area contributed by atoms with Gasteiger partial charge in [-0.3, -0.25) is 0 Å². The summed E-state index contributed by atoms with van der Waals surface area (Å²) in [7, 11) is 0. The van der Waals surface area contributed by atoms with E-state index in [2.05, 4.69) is 64.1 Å². The van der Waals surface area contributed by atoms with Gasteiger partial charge in [0, 0.05) is 0 Å². The highest BCUT2D eigenvalue weighted by atomic mass is 16.3. The SMILES string of the molecule is Cc1cc(C)cc(CC(O)Cc2cc(C)ccc2C)c1. The van der Waals surface area contributed by atoms with Crippen LogP contribution in [0.2, 0.25) is 0 Å². The van der Waals surface area contributed by atoms with Gasteiger partial charge in [0.25, 0.3) is 0 Å². The lowest BCUT2D eigenvalue weighted by atomic mass is 9.96. The number of aryl methyl sites for hydroxylation is 4. The van der Waals surface area contributed by atoms with Crippen molar-refractivity contribution >= 4 is 0 Å². The van der Waals surface area contributed by atoms with Crippen LogP contribution in [0.1, 0.15) is 33.4 Å². The molecule has 1 unspecified atom stereocenters. The van der Waals surface area contributed by atoms with E-state index in [0.29, 0.717) is 0 Å². The predicted molar refractivity (Wildman–Crippen MR) is 85.2 cm³/mol. The first-order valence-corrected chi connectivity index (χ1v) is 7.25. The maximum atomic E-state index is 10.4. The molecule has 0 saturated carbocycles. The van der Waals surface area contributed by atoms with Gasteiger partial charge in [-0.25, -0.2) is 0 Å². The average Bonchev–Trinajstić information content (AvgIpc) is 2.32. The summed E-state index contributed by atoms with van der Waals surface area (Å²) in [4.78, 5) is 0. The second kappa shape index (κ2) is 6.23. The van der Waals surface area contributed by atoms with Gasteiger partial charge >= 0.3 is 0 Å². The maximum absolute atomic E-state index is 10.4. The summed E-state index contributed by atoms with van der Waals surface area (Å²) in [5.41, 5.74) is 7.51. The lowest BCUT2D eigenvalue weighted by Crippen LogP contribution is -2.15. The molecule has 0 amide bonds.